The number of hydrogen-bond donors (Lipinski definition) is 2. The van der Waals surface area contributed by atoms with Crippen LogP contribution in [0, 0.1) is 0 Å². The monoisotopic (exact) mass is 290 g/mol. The predicted molar refractivity (Wildman–Crippen MR) is 76.1 cm³/mol. The second-order valence-electron chi connectivity index (χ2n) is 5.52. The number of nitrogens with one attached hydrogen (secondary N) is 1. The van der Waals surface area contributed by atoms with E-state index in [9.17, 15) is 14.4 Å². The van der Waals surface area contributed by atoms with Gasteiger partial charge in [0.05, 0.1) is 11.1 Å². The number of benzene rings is 1. The van der Waals surface area contributed by atoms with Gasteiger partial charge >= 0.3 is 5.97 Å². The molecule has 0 bridgehead atoms. The first-order valence-corrected chi connectivity index (χ1v) is 6.78. The van der Waals surface area contributed by atoms with Gasteiger partial charge in [-0.15, -0.1) is 0 Å². The lowest BCUT2D eigenvalue weighted by Gasteiger charge is -2.21. The fraction of sp³-hybridized carbons (Fsp3) is 0.400. The molecule has 6 heteroatoms. The van der Waals surface area contributed by atoms with Crippen molar-refractivity contribution in [3.63, 3.8) is 0 Å². The number of nitrogens with zero attached hydrogens (tertiary/aromatic N) is 1. The largest absolute Gasteiger partial charge is 0.480 e. The Balaban J connectivity index is 1.90. The Morgan fingerprint density at radius 3 is 2.19 bits per heavy atom. The standard InChI is InChI=1S/C15H18N2O4/c1-15(2,14(20)21)16-8-5-9-17-12(18)10-6-3-4-7-11(10)13(17)19/h3-4,6-7,16H,5,8-9H2,1-2H3,(H,20,21). The van der Waals surface area contributed by atoms with Gasteiger partial charge < -0.3 is 10.4 Å². The van der Waals surface area contributed by atoms with E-state index in [-0.39, 0.29) is 18.4 Å². The van der Waals surface area contributed by atoms with Crippen molar-refractivity contribution in [2.75, 3.05) is 13.1 Å². The first-order chi connectivity index (χ1) is 9.84. The molecule has 112 valence electrons. The zero-order valence-corrected chi connectivity index (χ0v) is 12.0. The molecule has 0 aromatic heterocycles. The van der Waals surface area contributed by atoms with E-state index in [0.29, 0.717) is 24.1 Å². The molecule has 1 heterocycles. The Morgan fingerprint density at radius 2 is 1.71 bits per heavy atom. The average molecular weight is 290 g/mol. The van der Waals surface area contributed by atoms with Gasteiger partial charge in [0, 0.05) is 6.54 Å². The van der Waals surface area contributed by atoms with Gasteiger partial charge in [-0.1, -0.05) is 12.1 Å². The zero-order valence-electron chi connectivity index (χ0n) is 12.0. The molecule has 1 aromatic rings. The maximum Gasteiger partial charge on any atom is 0.323 e. The fourth-order valence-corrected chi connectivity index (χ4v) is 2.16. The summed E-state index contributed by atoms with van der Waals surface area (Å²) >= 11 is 0. The number of carbonyl (C=O) groups is 3. The van der Waals surface area contributed by atoms with Crippen molar-refractivity contribution in [3.05, 3.63) is 35.4 Å². The van der Waals surface area contributed by atoms with Crippen molar-refractivity contribution in [1.29, 1.82) is 0 Å². The molecule has 6 nitrogen and oxygen atoms in total. The van der Waals surface area contributed by atoms with Crippen molar-refractivity contribution in [2.45, 2.75) is 25.8 Å². The highest BCUT2D eigenvalue weighted by Crippen LogP contribution is 2.22. The molecule has 0 unspecified atom stereocenters. The summed E-state index contributed by atoms with van der Waals surface area (Å²) in [5, 5.41) is 11.9. The Kier molecular flexibility index (Phi) is 4.09. The van der Waals surface area contributed by atoms with E-state index in [1.165, 1.54) is 4.90 Å². The molecule has 2 N–H and O–H groups in total. The molecule has 1 aromatic carbocycles. The maximum atomic E-state index is 12.1. The molecule has 1 aliphatic heterocycles. The van der Waals surface area contributed by atoms with Gasteiger partial charge in [0.15, 0.2) is 0 Å². The van der Waals surface area contributed by atoms with Crippen LogP contribution in [0.4, 0.5) is 0 Å². The molecule has 2 rings (SSSR count). The second-order valence-corrected chi connectivity index (χ2v) is 5.52. The molecule has 0 aliphatic carbocycles. The first kappa shape index (κ1) is 15.2. The van der Waals surface area contributed by atoms with Crippen molar-refractivity contribution in [3.8, 4) is 0 Å². The number of imide groups is 1. The first-order valence-electron chi connectivity index (χ1n) is 6.78. The van der Waals surface area contributed by atoms with Crippen LogP contribution in [0.3, 0.4) is 0 Å². The maximum absolute atomic E-state index is 12.1. The van der Waals surface area contributed by atoms with Gasteiger partial charge in [-0.2, -0.15) is 0 Å². The number of hydrogen-bond acceptors (Lipinski definition) is 4. The van der Waals surface area contributed by atoms with Gasteiger partial charge in [-0.25, -0.2) is 0 Å². The van der Waals surface area contributed by atoms with E-state index >= 15 is 0 Å². The molecule has 0 atom stereocenters. The van der Waals surface area contributed by atoms with Gasteiger partial charge in [0.1, 0.15) is 5.54 Å². The van der Waals surface area contributed by atoms with Gasteiger partial charge in [0.2, 0.25) is 0 Å². The molecule has 1 aliphatic rings. The molecule has 0 saturated heterocycles. The molecule has 0 fully saturated rings. The summed E-state index contributed by atoms with van der Waals surface area (Å²) in [5.41, 5.74) is -0.162. The Morgan fingerprint density at radius 1 is 1.19 bits per heavy atom. The van der Waals surface area contributed by atoms with Crippen molar-refractivity contribution in [2.24, 2.45) is 0 Å². The minimum Gasteiger partial charge on any atom is -0.480 e. The van der Waals surface area contributed by atoms with Crippen molar-refractivity contribution >= 4 is 17.8 Å². The van der Waals surface area contributed by atoms with E-state index in [4.69, 9.17) is 5.11 Å². The molecule has 0 spiro atoms. The Labute approximate surface area is 122 Å². The lowest BCUT2D eigenvalue weighted by Crippen LogP contribution is -2.47. The third kappa shape index (κ3) is 2.95. The SMILES string of the molecule is CC(C)(NCCCN1C(=O)c2ccccc2C1=O)C(=O)O. The topological polar surface area (TPSA) is 86.7 Å². The number of carboxylic acid groups (broad SMARTS) is 1. The summed E-state index contributed by atoms with van der Waals surface area (Å²) in [6, 6.07) is 6.73. The number of carboxylic acids is 1. The summed E-state index contributed by atoms with van der Waals surface area (Å²) in [6.07, 6.45) is 0.502. The molecule has 0 saturated carbocycles. The lowest BCUT2D eigenvalue weighted by molar-refractivity contribution is -0.143. The highest BCUT2D eigenvalue weighted by atomic mass is 16.4. The van der Waals surface area contributed by atoms with E-state index < -0.39 is 11.5 Å². The predicted octanol–water partition coefficient (Wildman–Crippen LogP) is 1.13. The normalized spacial score (nSPS) is 14.5. The molecule has 0 radical (unpaired) electrons. The van der Waals surface area contributed by atoms with Gasteiger partial charge in [0.25, 0.3) is 11.8 Å². The number of rotatable bonds is 6. The zero-order chi connectivity index (χ0) is 15.6. The van der Waals surface area contributed by atoms with E-state index in [1.54, 1.807) is 38.1 Å². The summed E-state index contributed by atoms with van der Waals surface area (Å²) in [6.45, 7) is 3.82. The van der Waals surface area contributed by atoms with Gasteiger partial charge in [-0.3, -0.25) is 19.3 Å². The van der Waals surface area contributed by atoms with E-state index in [1.807, 2.05) is 0 Å². The summed E-state index contributed by atoms with van der Waals surface area (Å²) < 4.78 is 0. The van der Waals surface area contributed by atoms with Crippen LogP contribution >= 0.6 is 0 Å². The van der Waals surface area contributed by atoms with Gasteiger partial charge in [-0.05, 0) is 38.9 Å². The van der Waals surface area contributed by atoms with Crippen molar-refractivity contribution in [1.82, 2.24) is 10.2 Å². The number of amides is 2. The number of fused-ring (bicyclic) bond motifs is 1. The van der Waals surface area contributed by atoms with E-state index in [0.717, 1.165) is 0 Å². The van der Waals surface area contributed by atoms with Crippen LogP contribution in [0.5, 0.6) is 0 Å². The third-order valence-electron chi connectivity index (χ3n) is 3.54. The van der Waals surface area contributed by atoms with Crippen molar-refractivity contribution < 1.29 is 19.5 Å². The highest BCUT2D eigenvalue weighted by Gasteiger charge is 2.34. The Bertz CT molecular complexity index is 560. The summed E-state index contributed by atoms with van der Waals surface area (Å²) in [4.78, 5) is 36.3. The molecule has 21 heavy (non-hydrogen) atoms. The quantitative estimate of drug-likeness (QED) is 0.606. The fourth-order valence-electron chi connectivity index (χ4n) is 2.16. The Hall–Kier alpha value is -2.21. The third-order valence-corrected chi connectivity index (χ3v) is 3.54. The number of carbonyl (C=O) groups excluding carboxylic acids is 2. The minimum absolute atomic E-state index is 0.273. The van der Waals surface area contributed by atoms with Crippen LogP contribution in [0.15, 0.2) is 24.3 Å². The summed E-state index contributed by atoms with van der Waals surface area (Å²) in [5.74, 6) is -1.51. The van der Waals surface area contributed by atoms with Crippen LogP contribution in [-0.2, 0) is 4.79 Å². The lowest BCUT2D eigenvalue weighted by atomic mass is 10.1. The molecular weight excluding hydrogens is 272 g/mol. The number of aliphatic carboxylic acids is 1. The van der Waals surface area contributed by atoms with Crippen LogP contribution in [-0.4, -0.2) is 46.4 Å². The smallest absolute Gasteiger partial charge is 0.323 e. The minimum atomic E-state index is -1.03. The molecule has 2 amide bonds. The average Bonchev–Trinajstić information content (AvgIpc) is 2.68. The second kappa shape index (κ2) is 5.65. The van der Waals surface area contributed by atoms with E-state index in [2.05, 4.69) is 5.32 Å². The summed E-state index contributed by atoms with van der Waals surface area (Å²) in [7, 11) is 0. The van der Waals surface area contributed by atoms with Crippen LogP contribution in [0.25, 0.3) is 0 Å². The van der Waals surface area contributed by atoms with Crippen LogP contribution < -0.4 is 5.32 Å². The molecular formula is C15H18N2O4. The van der Waals surface area contributed by atoms with Crippen LogP contribution in [0.2, 0.25) is 0 Å². The van der Waals surface area contributed by atoms with Crippen LogP contribution in [0.1, 0.15) is 41.0 Å². The highest BCUT2D eigenvalue weighted by molar-refractivity contribution is 6.21.